The maximum absolute atomic E-state index is 11.7. The first-order valence-corrected chi connectivity index (χ1v) is 5.83. The van der Waals surface area contributed by atoms with E-state index in [1.807, 2.05) is 12.1 Å². The third-order valence-corrected chi connectivity index (χ3v) is 2.95. The molecule has 0 radical (unpaired) electrons. The van der Waals surface area contributed by atoms with Crippen molar-refractivity contribution in [3.63, 3.8) is 0 Å². The maximum Gasteiger partial charge on any atom is 0.330 e. The number of aromatic hydroxyl groups is 1. The number of nitrogens with zero attached hydrogens (tertiary/aromatic N) is 3. The van der Waals surface area contributed by atoms with Gasteiger partial charge in [0.05, 0.1) is 10.7 Å². The van der Waals surface area contributed by atoms with Gasteiger partial charge in [-0.05, 0) is 12.1 Å². The highest BCUT2D eigenvalue weighted by atomic mass is 16.3. The molecule has 2 aromatic rings. The quantitative estimate of drug-likeness (QED) is 0.697. The minimum absolute atomic E-state index is 0.0533. The Kier molecular flexibility index (Phi) is 2.60. The fourth-order valence-electron chi connectivity index (χ4n) is 1.88. The highest BCUT2D eigenvalue weighted by Crippen LogP contribution is 2.14. The molecule has 0 aliphatic carbocycles. The largest absolute Gasteiger partial charge is 0.494 e. The first kappa shape index (κ1) is 12.1. The van der Waals surface area contributed by atoms with Crippen LogP contribution in [-0.4, -0.2) is 14.7 Å². The van der Waals surface area contributed by atoms with Crippen molar-refractivity contribution in [2.24, 2.45) is 17.0 Å². The van der Waals surface area contributed by atoms with E-state index >= 15 is 0 Å². The Balaban J connectivity index is 2.21. The van der Waals surface area contributed by atoms with Gasteiger partial charge in [0.1, 0.15) is 5.56 Å². The molecule has 0 amide bonds. The van der Waals surface area contributed by atoms with Gasteiger partial charge in [0.2, 0.25) is 5.88 Å². The van der Waals surface area contributed by atoms with Gasteiger partial charge in [0.25, 0.3) is 5.56 Å². The maximum atomic E-state index is 11.7. The van der Waals surface area contributed by atoms with E-state index in [4.69, 9.17) is 0 Å². The molecular weight excluding hydrogens is 260 g/mol. The van der Waals surface area contributed by atoms with Gasteiger partial charge in [-0.25, -0.2) is 14.8 Å². The Hall–Kier alpha value is -2.96. The van der Waals surface area contributed by atoms with E-state index in [0.29, 0.717) is 16.5 Å². The van der Waals surface area contributed by atoms with Crippen molar-refractivity contribution in [2.75, 3.05) is 0 Å². The van der Waals surface area contributed by atoms with Crippen molar-refractivity contribution >= 4 is 6.08 Å². The lowest BCUT2D eigenvalue weighted by molar-refractivity contribution is 0.416. The zero-order valence-electron chi connectivity index (χ0n) is 10.5. The highest BCUT2D eigenvalue weighted by Gasteiger charge is 2.11. The fourth-order valence-corrected chi connectivity index (χ4v) is 1.88. The Morgan fingerprint density at radius 1 is 1.20 bits per heavy atom. The van der Waals surface area contributed by atoms with Crippen LogP contribution in [0.4, 0.5) is 0 Å². The van der Waals surface area contributed by atoms with Crippen molar-refractivity contribution < 1.29 is 5.11 Å². The van der Waals surface area contributed by atoms with Gasteiger partial charge in [-0.1, -0.05) is 12.1 Å². The summed E-state index contributed by atoms with van der Waals surface area (Å²) in [6.07, 6.45) is 1.34. The first-order chi connectivity index (χ1) is 9.56. The van der Waals surface area contributed by atoms with E-state index < -0.39 is 17.1 Å². The summed E-state index contributed by atoms with van der Waals surface area (Å²) < 4.78 is 0.940. The molecule has 0 unspecified atom stereocenters. The number of rotatable bonds is 1. The van der Waals surface area contributed by atoms with E-state index in [1.54, 1.807) is 12.1 Å². The second-order valence-corrected chi connectivity index (χ2v) is 4.27. The lowest BCUT2D eigenvalue weighted by Crippen LogP contribution is -2.29. The predicted octanol–water partition coefficient (Wildman–Crippen LogP) is -0.969. The summed E-state index contributed by atoms with van der Waals surface area (Å²) in [6.45, 7) is 0. The lowest BCUT2D eigenvalue weighted by atomic mass is 10.3. The number of hydrogen-bond donors (Lipinski definition) is 2. The Bertz CT molecular complexity index is 929. The number of aromatic amines is 1. The molecule has 2 heterocycles. The summed E-state index contributed by atoms with van der Waals surface area (Å²) in [5, 5.41) is 11.2. The normalized spacial score (nSPS) is 12.6. The van der Waals surface area contributed by atoms with Gasteiger partial charge >= 0.3 is 5.69 Å². The molecule has 0 saturated heterocycles. The summed E-state index contributed by atoms with van der Waals surface area (Å²) in [6, 6.07) is 7.25. The third-order valence-electron chi connectivity index (χ3n) is 2.95. The molecule has 1 aliphatic heterocycles. The van der Waals surface area contributed by atoms with Crippen molar-refractivity contribution in [3.05, 3.63) is 67.2 Å². The van der Waals surface area contributed by atoms with Gasteiger partial charge < -0.3 is 5.11 Å². The molecule has 1 aromatic heterocycles. The SMILES string of the molecule is Cn1c(O)c(C=C2N=c3ccccc3=N2)c(=O)[nH]c1=O. The topological polar surface area (TPSA) is 99.8 Å². The highest BCUT2D eigenvalue weighted by molar-refractivity contribution is 5.56. The summed E-state index contributed by atoms with van der Waals surface area (Å²) in [7, 11) is 1.35. The van der Waals surface area contributed by atoms with Crippen LogP contribution in [-0.2, 0) is 7.05 Å². The van der Waals surface area contributed by atoms with E-state index in [-0.39, 0.29) is 5.56 Å². The standard InChI is InChI=1S/C13H10N4O3/c1-17-12(19)7(11(18)16-13(17)20)6-10-14-8-4-2-3-5-9(8)15-10/h2-6,19H,1H3,(H,16,18,20). The van der Waals surface area contributed by atoms with Crippen LogP contribution in [0.3, 0.4) is 0 Å². The molecule has 1 aromatic carbocycles. The van der Waals surface area contributed by atoms with Crippen LogP contribution in [0.2, 0.25) is 0 Å². The average Bonchev–Trinajstić information content (AvgIpc) is 2.83. The molecule has 0 fully saturated rings. The Morgan fingerprint density at radius 2 is 1.80 bits per heavy atom. The first-order valence-electron chi connectivity index (χ1n) is 5.83. The van der Waals surface area contributed by atoms with Crippen LogP contribution in [0, 0.1) is 0 Å². The smallest absolute Gasteiger partial charge is 0.330 e. The summed E-state index contributed by atoms with van der Waals surface area (Å²) in [4.78, 5) is 33.6. The molecule has 7 heteroatoms. The molecule has 7 nitrogen and oxygen atoms in total. The molecular formula is C13H10N4O3. The van der Waals surface area contributed by atoms with Crippen LogP contribution in [0.1, 0.15) is 5.56 Å². The zero-order valence-corrected chi connectivity index (χ0v) is 10.5. The molecule has 1 aliphatic rings. The zero-order chi connectivity index (χ0) is 14.3. The molecule has 2 N–H and O–H groups in total. The van der Waals surface area contributed by atoms with Crippen molar-refractivity contribution in [1.29, 1.82) is 0 Å². The van der Waals surface area contributed by atoms with E-state index in [2.05, 4.69) is 15.0 Å². The number of benzene rings is 1. The van der Waals surface area contributed by atoms with Gasteiger partial charge in [0.15, 0.2) is 5.82 Å². The van der Waals surface area contributed by atoms with E-state index in [1.165, 1.54) is 13.1 Å². The van der Waals surface area contributed by atoms with Gasteiger partial charge in [-0.3, -0.25) is 14.3 Å². The lowest BCUT2D eigenvalue weighted by Gasteiger charge is -2.03. The average molecular weight is 270 g/mol. The minimum Gasteiger partial charge on any atom is -0.494 e. The molecule has 0 saturated carbocycles. The van der Waals surface area contributed by atoms with E-state index in [0.717, 1.165) is 4.57 Å². The predicted molar refractivity (Wildman–Crippen MR) is 70.7 cm³/mol. The summed E-state index contributed by atoms with van der Waals surface area (Å²) >= 11 is 0. The van der Waals surface area contributed by atoms with Crippen molar-refractivity contribution in [1.82, 2.24) is 9.55 Å². The number of para-hydroxylation sites is 2. The minimum atomic E-state index is -0.682. The summed E-state index contributed by atoms with van der Waals surface area (Å²) in [5.74, 6) is -0.127. The number of hydrogen-bond acceptors (Lipinski definition) is 5. The van der Waals surface area contributed by atoms with Gasteiger partial charge in [-0.15, -0.1) is 0 Å². The molecule has 0 bridgehead atoms. The van der Waals surface area contributed by atoms with Crippen molar-refractivity contribution in [2.45, 2.75) is 0 Å². The monoisotopic (exact) mass is 270 g/mol. The number of aromatic nitrogens is 2. The number of H-pyrrole nitrogens is 1. The fraction of sp³-hybridized carbons (Fsp3) is 0.0769. The Labute approximate surface area is 111 Å². The van der Waals surface area contributed by atoms with E-state index in [9.17, 15) is 14.7 Å². The number of nitrogens with one attached hydrogen (secondary N) is 1. The molecule has 0 atom stereocenters. The molecule has 100 valence electrons. The van der Waals surface area contributed by atoms with Crippen LogP contribution in [0.15, 0.2) is 49.7 Å². The van der Waals surface area contributed by atoms with Crippen LogP contribution in [0.5, 0.6) is 5.88 Å². The van der Waals surface area contributed by atoms with Crippen molar-refractivity contribution in [3.8, 4) is 5.88 Å². The molecule has 0 spiro atoms. The molecule has 20 heavy (non-hydrogen) atoms. The van der Waals surface area contributed by atoms with Crippen LogP contribution >= 0.6 is 0 Å². The number of fused-ring (bicyclic) bond motifs is 1. The van der Waals surface area contributed by atoms with Gasteiger partial charge in [0, 0.05) is 13.1 Å². The van der Waals surface area contributed by atoms with Crippen LogP contribution in [0.25, 0.3) is 6.08 Å². The van der Waals surface area contributed by atoms with Gasteiger partial charge in [-0.2, -0.15) is 0 Å². The second-order valence-electron chi connectivity index (χ2n) is 4.27. The summed E-state index contributed by atoms with van der Waals surface area (Å²) in [5.41, 5.74) is -1.42. The molecule has 3 rings (SSSR count). The second kappa shape index (κ2) is 4.30. The Morgan fingerprint density at radius 3 is 2.40 bits per heavy atom. The van der Waals surface area contributed by atoms with Crippen LogP contribution < -0.4 is 22.0 Å². The third kappa shape index (κ3) is 1.85.